The van der Waals surface area contributed by atoms with E-state index in [1.807, 2.05) is 0 Å². The minimum atomic E-state index is 0.557. The van der Waals surface area contributed by atoms with E-state index >= 15 is 0 Å². The fourth-order valence-corrected chi connectivity index (χ4v) is 3.24. The molecule has 0 saturated carbocycles. The number of nitrogens with zero attached hydrogens (tertiary/aromatic N) is 2. The van der Waals surface area contributed by atoms with E-state index in [0.29, 0.717) is 18.0 Å². The normalized spacial score (nSPS) is 27.4. The minimum Gasteiger partial charge on any atom is -0.329 e. The van der Waals surface area contributed by atoms with Gasteiger partial charge in [0.05, 0.1) is 0 Å². The van der Waals surface area contributed by atoms with Crippen LogP contribution in [0.5, 0.6) is 0 Å². The predicted molar refractivity (Wildman–Crippen MR) is 75.1 cm³/mol. The molecule has 3 unspecified atom stereocenters. The summed E-state index contributed by atoms with van der Waals surface area (Å²) in [6.45, 7) is 13.6. The van der Waals surface area contributed by atoms with Gasteiger partial charge < -0.3 is 10.6 Å². The first-order valence-corrected chi connectivity index (χ1v) is 7.10. The average molecular weight is 241 g/mol. The van der Waals surface area contributed by atoms with Gasteiger partial charge in [-0.05, 0) is 32.2 Å². The van der Waals surface area contributed by atoms with Crippen LogP contribution in [0.25, 0.3) is 0 Å². The van der Waals surface area contributed by atoms with Crippen molar-refractivity contribution < 1.29 is 0 Å². The van der Waals surface area contributed by atoms with Gasteiger partial charge in [-0.1, -0.05) is 20.8 Å². The highest BCUT2D eigenvalue weighted by Crippen LogP contribution is 2.22. The van der Waals surface area contributed by atoms with Crippen molar-refractivity contribution >= 4 is 0 Å². The highest BCUT2D eigenvalue weighted by molar-refractivity contribution is 4.86. The maximum atomic E-state index is 6.02. The van der Waals surface area contributed by atoms with Gasteiger partial charge in [0.15, 0.2) is 0 Å². The SMILES string of the molecule is CC(C)CC(C)C(CN)N1CCN(C)CC1C. The van der Waals surface area contributed by atoms with Crippen LogP contribution in [0.3, 0.4) is 0 Å². The Morgan fingerprint density at radius 3 is 2.35 bits per heavy atom. The molecule has 1 rings (SSSR count). The molecule has 0 spiro atoms. The third kappa shape index (κ3) is 4.23. The molecule has 102 valence electrons. The second kappa shape index (κ2) is 6.72. The molecule has 0 aromatic carbocycles. The molecule has 0 radical (unpaired) electrons. The largest absolute Gasteiger partial charge is 0.329 e. The van der Waals surface area contributed by atoms with E-state index in [9.17, 15) is 0 Å². The van der Waals surface area contributed by atoms with Crippen molar-refractivity contribution in [2.45, 2.75) is 46.2 Å². The lowest BCUT2D eigenvalue weighted by Gasteiger charge is -2.45. The molecule has 0 amide bonds. The molecule has 3 nitrogen and oxygen atoms in total. The Labute approximate surface area is 107 Å². The van der Waals surface area contributed by atoms with Crippen LogP contribution in [0.4, 0.5) is 0 Å². The molecule has 1 saturated heterocycles. The van der Waals surface area contributed by atoms with Crippen molar-refractivity contribution in [2.24, 2.45) is 17.6 Å². The zero-order valence-corrected chi connectivity index (χ0v) is 12.3. The van der Waals surface area contributed by atoms with Crippen molar-refractivity contribution in [3.05, 3.63) is 0 Å². The van der Waals surface area contributed by atoms with Crippen LogP contribution < -0.4 is 5.73 Å². The molecule has 1 fully saturated rings. The summed E-state index contributed by atoms with van der Waals surface area (Å²) in [5.41, 5.74) is 6.02. The monoisotopic (exact) mass is 241 g/mol. The van der Waals surface area contributed by atoms with Crippen molar-refractivity contribution in [1.29, 1.82) is 0 Å². The Balaban J connectivity index is 2.60. The maximum Gasteiger partial charge on any atom is 0.0247 e. The summed E-state index contributed by atoms with van der Waals surface area (Å²) in [6, 6.07) is 1.19. The first kappa shape index (κ1) is 14.9. The van der Waals surface area contributed by atoms with Gasteiger partial charge in [0.2, 0.25) is 0 Å². The Bertz CT molecular complexity index is 218. The van der Waals surface area contributed by atoms with Crippen LogP contribution in [-0.4, -0.2) is 55.1 Å². The van der Waals surface area contributed by atoms with Gasteiger partial charge in [-0.15, -0.1) is 0 Å². The number of hydrogen-bond acceptors (Lipinski definition) is 3. The van der Waals surface area contributed by atoms with Crippen molar-refractivity contribution in [2.75, 3.05) is 33.2 Å². The molecule has 0 aromatic heterocycles. The minimum absolute atomic E-state index is 0.557. The third-order valence-corrected chi connectivity index (χ3v) is 4.05. The number of piperazine rings is 1. The fourth-order valence-electron chi connectivity index (χ4n) is 3.24. The average Bonchev–Trinajstić information content (AvgIpc) is 2.21. The molecular formula is C14H31N3. The quantitative estimate of drug-likeness (QED) is 0.794. The van der Waals surface area contributed by atoms with Gasteiger partial charge >= 0.3 is 0 Å². The van der Waals surface area contributed by atoms with Crippen molar-refractivity contribution in [3.63, 3.8) is 0 Å². The Hall–Kier alpha value is -0.120. The second-order valence-corrected chi connectivity index (χ2v) is 6.26. The van der Waals surface area contributed by atoms with E-state index in [1.165, 1.54) is 26.1 Å². The number of nitrogens with two attached hydrogens (primary N) is 1. The van der Waals surface area contributed by atoms with Crippen molar-refractivity contribution in [1.82, 2.24) is 9.80 Å². The fraction of sp³-hybridized carbons (Fsp3) is 1.00. The molecule has 3 heteroatoms. The Kier molecular flexibility index (Phi) is 5.90. The zero-order chi connectivity index (χ0) is 13.0. The summed E-state index contributed by atoms with van der Waals surface area (Å²) < 4.78 is 0. The van der Waals surface area contributed by atoms with Crippen LogP contribution in [0.2, 0.25) is 0 Å². The summed E-state index contributed by atoms with van der Waals surface area (Å²) in [5, 5.41) is 0. The molecule has 0 aliphatic carbocycles. The van der Waals surface area contributed by atoms with Crippen LogP contribution in [0.1, 0.15) is 34.1 Å². The second-order valence-electron chi connectivity index (χ2n) is 6.26. The van der Waals surface area contributed by atoms with E-state index in [-0.39, 0.29) is 0 Å². The third-order valence-electron chi connectivity index (χ3n) is 4.05. The summed E-state index contributed by atoms with van der Waals surface area (Å²) in [4.78, 5) is 5.05. The molecule has 0 bridgehead atoms. The first-order valence-electron chi connectivity index (χ1n) is 7.10. The lowest BCUT2D eigenvalue weighted by atomic mass is 9.90. The molecule has 2 N–H and O–H groups in total. The Morgan fingerprint density at radius 2 is 1.88 bits per heavy atom. The van der Waals surface area contributed by atoms with Gasteiger partial charge in [-0.25, -0.2) is 0 Å². The van der Waals surface area contributed by atoms with Gasteiger partial charge in [0.1, 0.15) is 0 Å². The standard InChI is InChI=1S/C14H31N3/c1-11(2)8-12(3)14(9-15)17-7-6-16(5)10-13(17)4/h11-14H,6-10,15H2,1-5H3. The number of likely N-dealkylation sites (N-methyl/N-ethyl adjacent to an activating group) is 1. The molecule has 3 atom stereocenters. The van der Waals surface area contributed by atoms with Crippen LogP contribution in [-0.2, 0) is 0 Å². The van der Waals surface area contributed by atoms with Crippen molar-refractivity contribution in [3.8, 4) is 0 Å². The smallest absolute Gasteiger partial charge is 0.0247 e. The maximum absolute atomic E-state index is 6.02. The molecule has 1 heterocycles. The van der Waals surface area contributed by atoms with E-state index in [1.54, 1.807) is 0 Å². The molecular weight excluding hydrogens is 210 g/mol. The topological polar surface area (TPSA) is 32.5 Å². The van der Waals surface area contributed by atoms with Crippen LogP contribution in [0, 0.1) is 11.8 Å². The van der Waals surface area contributed by atoms with E-state index in [0.717, 1.165) is 12.5 Å². The number of rotatable bonds is 5. The summed E-state index contributed by atoms with van der Waals surface area (Å²) in [7, 11) is 2.21. The highest BCUT2D eigenvalue weighted by atomic mass is 15.3. The summed E-state index contributed by atoms with van der Waals surface area (Å²) in [5.74, 6) is 1.47. The lowest BCUT2D eigenvalue weighted by Crippen LogP contribution is -2.57. The summed E-state index contributed by atoms with van der Waals surface area (Å²) >= 11 is 0. The highest BCUT2D eigenvalue weighted by Gasteiger charge is 2.30. The van der Waals surface area contributed by atoms with Crippen LogP contribution >= 0.6 is 0 Å². The van der Waals surface area contributed by atoms with Gasteiger partial charge in [0, 0.05) is 38.3 Å². The predicted octanol–water partition coefficient (Wildman–Crippen LogP) is 1.63. The van der Waals surface area contributed by atoms with Gasteiger partial charge in [0.25, 0.3) is 0 Å². The molecule has 1 aliphatic heterocycles. The lowest BCUT2D eigenvalue weighted by molar-refractivity contribution is 0.0387. The molecule has 17 heavy (non-hydrogen) atoms. The van der Waals surface area contributed by atoms with E-state index < -0.39 is 0 Å². The zero-order valence-electron chi connectivity index (χ0n) is 12.3. The molecule has 0 aromatic rings. The summed E-state index contributed by atoms with van der Waals surface area (Å²) in [6.07, 6.45) is 1.28. The number of hydrogen-bond donors (Lipinski definition) is 1. The van der Waals surface area contributed by atoms with E-state index in [4.69, 9.17) is 5.73 Å². The van der Waals surface area contributed by atoms with Crippen LogP contribution in [0.15, 0.2) is 0 Å². The van der Waals surface area contributed by atoms with Gasteiger partial charge in [-0.2, -0.15) is 0 Å². The first-order chi connectivity index (χ1) is 7.95. The van der Waals surface area contributed by atoms with E-state index in [2.05, 4.69) is 44.5 Å². The Morgan fingerprint density at radius 1 is 1.24 bits per heavy atom. The molecule has 1 aliphatic rings. The van der Waals surface area contributed by atoms with Gasteiger partial charge in [-0.3, -0.25) is 4.90 Å².